The van der Waals surface area contributed by atoms with E-state index in [2.05, 4.69) is 27.0 Å². The van der Waals surface area contributed by atoms with E-state index in [0.29, 0.717) is 29.7 Å². The first-order valence-corrected chi connectivity index (χ1v) is 12.0. The van der Waals surface area contributed by atoms with Crippen molar-refractivity contribution in [3.63, 3.8) is 0 Å². The SMILES string of the molecule is N#Cc1c(N2CCCCC2)n(CC=C2CC2)c2c(=O)n(Cc3nccc4ccccc34)cnc12. The Bertz CT molecular complexity index is 1520. The van der Waals surface area contributed by atoms with E-state index in [4.69, 9.17) is 0 Å². The molecule has 7 heteroatoms. The van der Waals surface area contributed by atoms with Crippen LogP contribution in [0.3, 0.4) is 0 Å². The number of hydrogen-bond donors (Lipinski definition) is 0. The first-order chi connectivity index (χ1) is 16.7. The second kappa shape index (κ2) is 8.45. The quantitative estimate of drug-likeness (QED) is 0.422. The van der Waals surface area contributed by atoms with Crippen molar-refractivity contribution in [3.8, 4) is 6.07 Å². The number of pyridine rings is 1. The lowest BCUT2D eigenvalue weighted by Gasteiger charge is -2.29. The summed E-state index contributed by atoms with van der Waals surface area (Å²) in [5.74, 6) is 0.848. The molecule has 7 nitrogen and oxygen atoms in total. The van der Waals surface area contributed by atoms with E-state index in [1.165, 1.54) is 12.0 Å². The third-order valence-corrected chi connectivity index (χ3v) is 6.94. The number of fused-ring (bicyclic) bond motifs is 2. The van der Waals surface area contributed by atoms with Gasteiger partial charge in [0.1, 0.15) is 28.5 Å². The molecule has 0 radical (unpaired) electrons. The van der Waals surface area contributed by atoms with Gasteiger partial charge in [-0.3, -0.25) is 14.3 Å². The molecule has 3 aromatic heterocycles. The highest BCUT2D eigenvalue weighted by Crippen LogP contribution is 2.33. The van der Waals surface area contributed by atoms with Crippen molar-refractivity contribution in [1.29, 1.82) is 5.26 Å². The summed E-state index contributed by atoms with van der Waals surface area (Å²) in [7, 11) is 0. The number of nitriles is 1. The number of piperidine rings is 1. The number of benzene rings is 1. The number of allylic oxidation sites excluding steroid dienone is 2. The predicted molar refractivity (Wildman–Crippen MR) is 133 cm³/mol. The molecule has 6 rings (SSSR count). The molecule has 170 valence electrons. The Morgan fingerprint density at radius 3 is 2.68 bits per heavy atom. The standard InChI is InChI=1S/C27H26N6O/c28-16-22-24-25(33(15-11-19-8-9-19)26(22)31-13-4-1-5-14-31)27(34)32(18-30-24)17-23-21-7-3-2-6-20(21)10-12-29-23/h2-3,6-7,10-12,18H,1,4-5,8-9,13-15,17H2. The van der Waals surface area contributed by atoms with Gasteiger partial charge in [-0.2, -0.15) is 5.26 Å². The molecule has 1 aromatic carbocycles. The third-order valence-electron chi connectivity index (χ3n) is 6.94. The summed E-state index contributed by atoms with van der Waals surface area (Å²) >= 11 is 0. The summed E-state index contributed by atoms with van der Waals surface area (Å²) in [6, 6.07) is 12.4. The molecule has 0 unspecified atom stereocenters. The van der Waals surface area contributed by atoms with Crippen molar-refractivity contribution in [2.45, 2.75) is 45.2 Å². The van der Waals surface area contributed by atoms with Gasteiger partial charge in [-0.25, -0.2) is 4.98 Å². The number of nitrogens with zero attached hydrogens (tertiary/aromatic N) is 6. The second-order valence-electron chi connectivity index (χ2n) is 9.18. The van der Waals surface area contributed by atoms with Crippen LogP contribution in [0.4, 0.5) is 5.82 Å². The minimum Gasteiger partial charge on any atom is -0.357 e. The Labute approximate surface area is 197 Å². The largest absolute Gasteiger partial charge is 0.357 e. The van der Waals surface area contributed by atoms with Crippen LogP contribution in [0.25, 0.3) is 21.8 Å². The predicted octanol–water partition coefficient (Wildman–Crippen LogP) is 4.38. The van der Waals surface area contributed by atoms with Gasteiger partial charge in [-0.05, 0) is 43.6 Å². The summed E-state index contributed by atoms with van der Waals surface area (Å²) in [5.41, 5.74) is 3.64. The van der Waals surface area contributed by atoms with E-state index >= 15 is 0 Å². The van der Waals surface area contributed by atoms with Crippen molar-refractivity contribution < 1.29 is 0 Å². The molecule has 4 aromatic rings. The van der Waals surface area contributed by atoms with E-state index in [9.17, 15) is 10.1 Å². The topological polar surface area (TPSA) is 79.7 Å². The average Bonchev–Trinajstić information content (AvgIpc) is 3.65. The molecule has 0 N–H and O–H groups in total. The van der Waals surface area contributed by atoms with Gasteiger partial charge in [-0.1, -0.05) is 35.9 Å². The Balaban J connectivity index is 1.52. The maximum Gasteiger partial charge on any atom is 0.278 e. The molecule has 1 saturated heterocycles. The van der Waals surface area contributed by atoms with Crippen LogP contribution in [0, 0.1) is 11.3 Å². The van der Waals surface area contributed by atoms with Gasteiger partial charge < -0.3 is 9.47 Å². The molecule has 0 amide bonds. The minimum atomic E-state index is -0.131. The summed E-state index contributed by atoms with van der Waals surface area (Å²) in [5, 5.41) is 12.2. The van der Waals surface area contributed by atoms with Crippen molar-refractivity contribution in [3.05, 3.63) is 76.1 Å². The molecule has 0 atom stereocenters. The highest BCUT2D eigenvalue weighted by Gasteiger charge is 2.27. The molecular weight excluding hydrogens is 424 g/mol. The Morgan fingerprint density at radius 1 is 1.06 bits per heavy atom. The molecular formula is C27H26N6O. The molecule has 1 aliphatic carbocycles. The number of aromatic nitrogens is 4. The fourth-order valence-corrected chi connectivity index (χ4v) is 5.05. The zero-order chi connectivity index (χ0) is 23.1. The molecule has 1 saturated carbocycles. The van der Waals surface area contributed by atoms with Gasteiger partial charge in [0.05, 0.1) is 18.6 Å². The smallest absolute Gasteiger partial charge is 0.278 e. The van der Waals surface area contributed by atoms with E-state index in [1.54, 1.807) is 17.1 Å². The van der Waals surface area contributed by atoms with Gasteiger partial charge in [0.2, 0.25) is 0 Å². The Kier molecular flexibility index (Phi) is 5.14. The maximum absolute atomic E-state index is 13.8. The van der Waals surface area contributed by atoms with Gasteiger partial charge >= 0.3 is 0 Å². The van der Waals surface area contributed by atoms with Crippen LogP contribution in [-0.2, 0) is 13.1 Å². The van der Waals surface area contributed by atoms with Gasteiger partial charge in [-0.15, -0.1) is 0 Å². The lowest BCUT2D eigenvalue weighted by molar-refractivity contribution is 0.565. The highest BCUT2D eigenvalue weighted by molar-refractivity contribution is 5.89. The molecule has 2 fully saturated rings. The van der Waals surface area contributed by atoms with Crippen LogP contribution in [0.1, 0.15) is 43.4 Å². The van der Waals surface area contributed by atoms with Gasteiger partial charge in [0, 0.05) is 31.2 Å². The fourth-order valence-electron chi connectivity index (χ4n) is 5.05. The maximum atomic E-state index is 13.8. The number of hydrogen-bond acceptors (Lipinski definition) is 5. The summed E-state index contributed by atoms with van der Waals surface area (Å²) < 4.78 is 3.66. The van der Waals surface area contributed by atoms with Crippen molar-refractivity contribution in [1.82, 2.24) is 19.1 Å². The molecule has 2 aliphatic rings. The van der Waals surface area contributed by atoms with E-state index < -0.39 is 0 Å². The summed E-state index contributed by atoms with van der Waals surface area (Å²) in [6.07, 6.45) is 11.2. The first-order valence-electron chi connectivity index (χ1n) is 12.0. The number of anilines is 1. The summed E-state index contributed by atoms with van der Waals surface area (Å²) in [6.45, 7) is 2.72. The van der Waals surface area contributed by atoms with Crippen molar-refractivity contribution in [2.24, 2.45) is 0 Å². The fraction of sp³-hybridized carbons (Fsp3) is 0.333. The zero-order valence-electron chi connectivity index (χ0n) is 19.1. The third kappa shape index (κ3) is 3.56. The normalized spacial score (nSPS) is 15.6. The minimum absolute atomic E-state index is 0.131. The van der Waals surface area contributed by atoms with Crippen LogP contribution in [0.15, 0.2) is 59.3 Å². The monoisotopic (exact) mass is 450 g/mol. The van der Waals surface area contributed by atoms with Gasteiger partial charge in [0.25, 0.3) is 5.56 Å². The molecule has 1 aliphatic heterocycles. The van der Waals surface area contributed by atoms with Crippen molar-refractivity contribution in [2.75, 3.05) is 18.0 Å². The number of rotatable bonds is 5. The molecule has 0 bridgehead atoms. The van der Waals surface area contributed by atoms with E-state index in [0.717, 1.165) is 61.1 Å². The average molecular weight is 451 g/mol. The molecule has 4 heterocycles. The van der Waals surface area contributed by atoms with Crippen LogP contribution in [0.5, 0.6) is 0 Å². The molecule has 0 spiro atoms. The van der Waals surface area contributed by atoms with Crippen LogP contribution in [-0.4, -0.2) is 32.2 Å². The molecule has 34 heavy (non-hydrogen) atoms. The van der Waals surface area contributed by atoms with Crippen molar-refractivity contribution >= 4 is 27.6 Å². The van der Waals surface area contributed by atoms with Crippen LogP contribution >= 0.6 is 0 Å². The highest BCUT2D eigenvalue weighted by atomic mass is 16.1. The van der Waals surface area contributed by atoms with Crippen LogP contribution < -0.4 is 10.5 Å². The van der Waals surface area contributed by atoms with Crippen LogP contribution in [0.2, 0.25) is 0 Å². The lowest BCUT2D eigenvalue weighted by atomic mass is 10.1. The first kappa shape index (κ1) is 20.7. The van der Waals surface area contributed by atoms with Gasteiger partial charge in [0.15, 0.2) is 0 Å². The Morgan fingerprint density at radius 2 is 1.88 bits per heavy atom. The van der Waals surface area contributed by atoms with E-state index in [-0.39, 0.29) is 5.56 Å². The Hall–Kier alpha value is -3.92. The summed E-state index contributed by atoms with van der Waals surface area (Å²) in [4.78, 5) is 25.3. The van der Waals surface area contributed by atoms with E-state index in [1.807, 2.05) is 34.9 Å². The lowest BCUT2D eigenvalue weighted by Crippen LogP contribution is -2.32. The zero-order valence-corrected chi connectivity index (χ0v) is 19.1. The second-order valence-corrected chi connectivity index (χ2v) is 9.18.